The number of nitrogens with one attached hydrogen (secondary N) is 1. The van der Waals surface area contributed by atoms with E-state index in [9.17, 15) is 18.0 Å². The van der Waals surface area contributed by atoms with E-state index < -0.39 is 28.5 Å². The fraction of sp³-hybridized carbons (Fsp3) is 0.391. The molecule has 2 amide bonds. The number of amides is 2. The van der Waals surface area contributed by atoms with E-state index in [4.69, 9.17) is 11.6 Å². The van der Waals surface area contributed by atoms with Gasteiger partial charge >= 0.3 is 0 Å². The van der Waals surface area contributed by atoms with E-state index >= 15 is 0 Å². The number of carbonyl (C=O) groups excluding carboxylic acids is 2. The molecule has 0 unspecified atom stereocenters. The Morgan fingerprint density at radius 3 is 2.36 bits per heavy atom. The molecule has 0 aliphatic carbocycles. The number of anilines is 1. The first-order valence-corrected chi connectivity index (χ1v) is 13.5. The van der Waals surface area contributed by atoms with Crippen molar-refractivity contribution in [3.05, 3.63) is 63.1 Å². The van der Waals surface area contributed by atoms with Crippen LogP contribution in [-0.2, 0) is 26.2 Å². The van der Waals surface area contributed by atoms with Gasteiger partial charge in [0, 0.05) is 22.6 Å². The van der Waals surface area contributed by atoms with Crippen LogP contribution in [0, 0.1) is 6.92 Å². The molecule has 1 N–H and O–H groups in total. The number of rotatable bonds is 10. The van der Waals surface area contributed by atoms with E-state index in [0.717, 1.165) is 27.0 Å². The lowest BCUT2D eigenvalue weighted by Crippen LogP contribution is -2.51. The average Bonchev–Trinajstić information content (AvgIpc) is 2.76. The van der Waals surface area contributed by atoms with Crippen molar-refractivity contribution >= 4 is 55.1 Å². The molecule has 0 heterocycles. The smallest absolute Gasteiger partial charge is 0.244 e. The Kier molecular flexibility index (Phi) is 9.75. The highest BCUT2D eigenvalue weighted by Gasteiger charge is 2.30. The molecule has 1 atom stereocenters. The molecule has 2 aromatic carbocycles. The molecule has 0 saturated heterocycles. The average molecular weight is 559 g/mol. The van der Waals surface area contributed by atoms with Crippen LogP contribution in [0.2, 0.25) is 5.02 Å². The number of hydrogen-bond acceptors (Lipinski definition) is 4. The maximum atomic E-state index is 13.5. The molecule has 0 aliphatic rings. The quantitative estimate of drug-likeness (QED) is 0.475. The monoisotopic (exact) mass is 557 g/mol. The van der Waals surface area contributed by atoms with Crippen molar-refractivity contribution in [1.29, 1.82) is 0 Å². The van der Waals surface area contributed by atoms with Crippen molar-refractivity contribution in [2.75, 3.05) is 23.7 Å². The van der Waals surface area contributed by atoms with Gasteiger partial charge in [0.05, 0.1) is 11.9 Å². The Balaban J connectivity index is 2.40. The van der Waals surface area contributed by atoms with Crippen LogP contribution in [0.15, 0.2) is 46.9 Å². The van der Waals surface area contributed by atoms with E-state index in [-0.39, 0.29) is 12.5 Å². The van der Waals surface area contributed by atoms with E-state index in [1.165, 1.54) is 4.90 Å². The molecule has 0 fully saturated rings. The fourth-order valence-corrected chi connectivity index (χ4v) is 4.56. The van der Waals surface area contributed by atoms with Gasteiger partial charge in [0.1, 0.15) is 12.6 Å². The number of halogens is 2. The highest BCUT2D eigenvalue weighted by molar-refractivity contribution is 9.10. The van der Waals surface area contributed by atoms with Gasteiger partial charge in [0.25, 0.3) is 0 Å². The third-order valence-electron chi connectivity index (χ3n) is 5.17. The second-order valence-electron chi connectivity index (χ2n) is 7.77. The summed E-state index contributed by atoms with van der Waals surface area (Å²) in [5.74, 6) is -0.797. The molecular formula is C23H29BrClN3O4S. The highest BCUT2D eigenvalue weighted by atomic mass is 79.9. The maximum absolute atomic E-state index is 13.5. The van der Waals surface area contributed by atoms with Crippen LogP contribution in [0.3, 0.4) is 0 Å². The maximum Gasteiger partial charge on any atom is 0.244 e. The summed E-state index contributed by atoms with van der Waals surface area (Å²) in [5, 5.41) is 3.20. The van der Waals surface area contributed by atoms with Crippen molar-refractivity contribution in [3.8, 4) is 0 Å². The minimum Gasteiger partial charge on any atom is -0.354 e. The first kappa shape index (κ1) is 27.1. The zero-order chi connectivity index (χ0) is 24.8. The van der Waals surface area contributed by atoms with Gasteiger partial charge in [-0.15, -0.1) is 0 Å². The Hall–Kier alpha value is -2.10. The Morgan fingerprint density at radius 1 is 1.15 bits per heavy atom. The van der Waals surface area contributed by atoms with Crippen molar-refractivity contribution < 1.29 is 18.0 Å². The van der Waals surface area contributed by atoms with Crippen LogP contribution in [0.1, 0.15) is 31.4 Å². The molecule has 33 heavy (non-hydrogen) atoms. The van der Waals surface area contributed by atoms with Gasteiger partial charge in [-0.05, 0) is 55.7 Å². The summed E-state index contributed by atoms with van der Waals surface area (Å²) in [4.78, 5) is 27.5. The minimum absolute atomic E-state index is 0.152. The lowest BCUT2D eigenvalue weighted by molar-refractivity contribution is -0.139. The summed E-state index contributed by atoms with van der Waals surface area (Å²) < 4.78 is 27.2. The Morgan fingerprint density at radius 2 is 1.79 bits per heavy atom. The van der Waals surface area contributed by atoms with Gasteiger partial charge in [-0.1, -0.05) is 52.7 Å². The van der Waals surface area contributed by atoms with Crippen molar-refractivity contribution in [3.63, 3.8) is 0 Å². The van der Waals surface area contributed by atoms with Crippen molar-refractivity contribution in [2.45, 2.75) is 39.8 Å². The summed E-state index contributed by atoms with van der Waals surface area (Å²) in [6.07, 6.45) is 1.80. The van der Waals surface area contributed by atoms with E-state index in [2.05, 4.69) is 21.2 Å². The third kappa shape index (κ3) is 7.45. The second-order valence-corrected chi connectivity index (χ2v) is 11.0. The topological polar surface area (TPSA) is 86.8 Å². The molecule has 0 spiro atoms. The predicted molar refractivity (Wildman–Crippen MR) is 136 cm³/mol. The van der Waals surface area contributed by atoms with Crippen LogP contribution in [-0.4, -0.2) is 50.5 Å². The van der Waals surface area contributed by atoms with Crippen molar-refractivity contribution in [2.24, 2.45) is 0 Å². The van der Waals surface area contributed by atoms with Crippen LogP contribution < -0.4 is 9.62 Å². The summed E-state index contributed by atoms with van der Waals surface area (Å²) in [6, 6.07) is 11.5. The summed E-state index contributed by atoms with van der Waals surface area (Å²) >= 11 is 9.58. The van der Waals surface area contributed by atoms with Gasteiger partial charge in [-0.3, -0.25) is 13.9 Å². The normalized spacial score (nSPS) is 12.2. The largest absolute Gasteiger partial charge is 0.354 e. The molecule has 7 nitrogen and oxygen atoms in total. The molecular weight excluding hydrogens is 530 g/mol. The van der Waals surface area contributed by atoms with E-state index in [0.29, 0.717) is 22.8 Å². The van der Waals surface area contributed by atoms with Gasteiger partial charge in [-0.25, -0.2) is 8.42 Å². The molecule has 2 aromatic rings. The van der Waals surface area contributed by atoms with E-state index in [1.54, 1.807) is 32.0 Å². The summed E-state index contributed by atoms with van der Waals surface area (Å²) in [7, 11) is -3.80. The van der Waals surface area contributed by atoms with Crippen molar-refractivity contribution in [1.82, 2.24) is 10.2 Å². The zero-order valence-corrected chi connectivity index (χ0v) is 22.3. The third-order valence-corrected chi connectivity index (χ3v) is 7.23. The standard InChI is InChI=1S/C23H29BrClN3O4S/c1-5-13-26-23(30)17(3)27(14-18-9-11-19(24)12-10-18)22(29)15-28(33(4,31)32)21-8-6-7-20(25)16(21)2/h6-12,17H,5,13-15H2,1-4H3,(H,26,30)/t17-/m0/s1. The van der Waals surface area contributed by atoms with Gasteiger partial charge < -0.3 is 10.2 Å². The molecule has 180 valence electrons. The van der Waals surface area contributed by atoms with Crippen LogP contribution in [0.25, 0.3) is 0 Å². The number of hydrogen-bond donors (Lipinski definition) is 1. The molecule has 0 saturated carbocycles. The predicted octanol–water partition coefficient (Wildman–Crippen LogP) is 4.12. The van der Waals surface area contributed by atoms with E-state index in [1.807, 2.05) is 31.2 Å². The zero-order valence-electron chi connectivity index (χ0n) is 19.1. The Bertz CT molecular complexity index is 1090. The van der Waals surface area contributed by atoms with Gasteiger partial charge in [-0.2, -0.15) is 0 Å². The number of sulfonamides is 1. The van der Waals surface area contributed by atoms with Crippen LogP contribution >= 0.6 is 27.5 Å². The Labute approximate surface area is 209 Å². The van der Waals surface area contributed by atoms with Crippen LogP contribution in [0.5, 0.6) is 0 Å². The van der Waals surface area contributed by atoms with Gasteiger partial charge in [0.15, 0.2) is 0 Å². The molecule has 0 aliphatic heterocycles. The summed E-state index contributed by atoms with van der Waals surface area (Å²) in [6.45, 7) is 5.45. The van der Waals surface area contributed by atoms with Gasteiger partial charge in [0.2, 0.25) is 21.8 Å². The lowest BCUT2D eigenvalue weighted by Gasteiger charge is -2.32. The minimum atomic E-state index is -3.80. The second kappa shape index (κ2) is 11.9. The first-order valence-electron chi connectivity index (χ1n) is 10.5. The fourth-order valence-electron chi connectivity index (χ4n) is 3.23. The number of nitrogens with zero attached hydrogens (tertiary/aromatic N) is 2. The molecule has 2 rings (SSSR count). The summed E-state index contributed by atoms with van der Waals surface area (Å²) in [5.41, 5.74) is 1.68. The molecule has 10 heteroatoms. The molecule has 0 radical (unpaired) electrons. The lowest BCUT2D eigenvalue weighted by atomic mass is 10.1. The molecule has 0 aromatic heterocycles. The SMILES string of the molecule is CCCNC(=O)[C@H](C)N(Cc1ccc(Br)cc1)C(=O)CN(c1cccc(Cl)c1C)S(C)(=O)=O. The first-order chi connectivity index (χ1) is 15.5. The number of carbonyl (C=O) groups is 2. The van der Waals surface area contributed by atoms with Crippen LogP contribution in [0.4, 0.5) is 5.69 Å². The number of benzene rings is 2. The highest BCUT2D eigenvalue weighted by Crippen LogP contribution is 2.28. The molecule has 0 bridgehead atoms.